The minimum atomic E-state index is -1.62. The number of fused-ring (bicyclic) bond motifs is 2. The largest absolute Gasteiger partial charge is 0.458 e. The van der Waals surface area contributed by atoms with Crippen molar-refractivity contribution < 1.29 is 33.3 Å². The molecule has 2 aliphatic heterocycles. The summed E-state index contributed by atoms with van der Waals surface area (Å²) in [6.45, 7) is 12.3. The Morgan fingerprint density at radius 1 is 1.12 bits per heavy atom. The summed E-state index contributed by atoms with van der Waals surface area (Å²) < 4.78 is 23.6. The summed E-state index contributed by atoms with van der Waals surface area (Å²) >= 11 is 0. The number of ether oxygens (including phenoxy) is 4. The Kier molecular flexibility index (Phi) is 6.70. The lowest BCUT2D eigenvalue weighted by atomic mass is 9.76. The molecule has 0 radical (unpaired) electrons. The van der Waals surface area contributed by atoms with Crippen LogP contribution in [0.4, 0.5) is 0 Å². The molecule has 0 saturated carbocycles. The van der Waals surface area contributed by atoms with Gasteiger partial charge in [-0.15, -0.1) is 0 Å². The lowest BCUT2D eigenvalue weighted by Gasteiger charge is -2.35. The fourth-order valence-electron chi connectivity index (χ4n) is 4.55. The van der Waals surface area contributed by atoms with Gasteiger partial charge in [-0.1, -0.05) is 23.8 Å². The summed E-state index contributed by atoms with van der Waals surface area (Å²) in [6, 6.07) is 0. The van der Waals surface area contributed by atoms with E-state index in [2.05, 4.69) is 6.08 Å². The van der Waals surface area contributed by atoms with Crippen LogP contribution < -0.4 is 0 Å². The van der Waals surface area contributed by atoms with Crippen LogP contribution in [0.5, 0.6) is 0 Å². The van der Waals surface area contributed by atoms with Gasteiger partial charge in [0.2, 0.25) is 5.60 Å². The molecule has 2 fully saturated rings. The maximum Gasteiger partial charge on any atom is 0.351 e. The molecule has 7 nitrogen and oxygen atoms in total. The Hall–Kier alpha value is -2.41. The molecule has 0 aromatic rings. The highest BCUT2D eigenvalue weighted by atomic mass is 16.7. The zero-order valence-electron chi connectivity index (χ0n) is 20.0. The lowest BCUT2D eigenvalue weighted by Crippen LogP contribution is -2.52. The molecule has 0 aromatic heterocycles. The molecule has 0 spiro atoms. The maximum absolute atomic E-state index is 13.1. The average Bonchev–Trinajstić information content (AvgIpc) is 3.35. The third-order valence-electron chi connectivity index (χ3n) is 7.01. The third kappa shape index (κ3) is 4.40. The van der Waals surface area contributed by atoms with E-state index in [-0.39, 0.29) is 0 Å². The van der Waals surface area contributed by atoms with Gasteiger partial charge >= 0.3 is 17.9 Å². The van der Waals surface area contributed by atoms with E-state index in [4.69, 9.17) is 18.9 Å². The van der Waals surface area contributed by atoms with Crippen molar-refractivity contribution in [2.45, 2.75) is 97.2 Å². The van der Waals surface area contributed by atoms with Gasteiger partial charge in [0.05, 0.1) is 11.5 Å². The van der Waals surface area contributed by atoms with Crippen LogP contribution in [0.25, 0.3) is 0 Å². The third-order valence-corrected chi connectivity index (χ3v) is 7.01. The van der Waals surface area contributed by atoms with Crippen molar-refractivity contribution in [1.29, 1.82) is 0 Å². The van der Waals surface area contributed by atoms with Gasteiger partial charge in [0.25, 0.3) is 0 Å². The summed E-state index contributed by atoms with van der Waals surface area (Å²) in [5.74, 6) is -2.45. The Morgan fingerprint density at radius 3 is 2.38 bits per heavy atom. The Labute approximate surface area is 189 Å². The molecule has 2 saturated heterocycles. The van der Waals surface area contributed by atoms with Crippen molar-refractivity contribution in [2.24, 2.45) is 5.92 Å². The van der Waals surface area contributed by atoms with Gasteiger partial charge in [0, 0.05) is 17.6 Å². The number of esters is 3. The first kappa shape index (κ1) is 24.2. The molecule has 176 valence electrons. The molecule has 0 bridgehead atoms. The van der Waals surface area contributed by atoms with E-state index in [9.17, 15) is 14.4 Å². The summed E-state index contributed by atoms with van der Waals surface area (Å²) in [5, 5.41) is 0. The van der Waals surface area contributed by atoms with Crippen LogP contribution in [0, 0.1) is 5.92 Å². The van der Waals surface area contributed by atoms with Crippen molar-refractivity contribution in [1.82, 2.24) is 0 Å². The average molecular weight is 447 g/mol. The highest BCUT2D eigenvalue weighted by Crippen LogP contribution is 2.51. The molecule has 3 rings (SSSR count). The van der Waals surface area contributed by atoms with Gasteiger partial charge in [0.15, 0.2) is 0 Å². The number of carbonyl (C=O) groups is 3. The quantitative estimate of drug-likeness (QED) is 0.212. The van der Waals surface area contributed by atoms with E-state index >= 15 is 0 Å². The highest BCUT2D eigenvalue weighted by molar-refractivity contribution is 5.92. The highest BCUT2D eigenvalue weighted by Gasteiger charge is 2.68. The van der Waals surface area contributed by atoms with Crippen molar-refractivity contribution in [2.75, 3.05) is 0 Å². The predicted molar refractivity (Wildman–Crippen MR) is 117 cm³/mol. The Balaban J connectivity index is 2.08. The molecule has 0 unspecified atom stereocenters. The normalized spacial score (nSPS) is 39.1. The van der Waals surface area contributed by atoms with E-state index in [1.54, 1.807) is 46.8 Å². The van der Waals surface area contributed by atoms with E-state index in [0.29, 0.717) is 17.6 Å². The first-order valence-electron chi connectivity index (χ1n) is 11.2. The number of hydrogen-bond donors (Lipinski definition) is 0. The fourth-order valence-corrected chi connectivity index (χ4v) is 4.55. The fraction of sp³-hybridized carbons (Fsp3) is 0.640. The second-order valence-corrected chi connectivity index (χ2v) is 9.42. The molecule has 6 atom stereocenters. The smallest absolute Gasteiger partial charge is 0.351 e. The number of carbonyl (C=O) groups excluding carboxylic acids is 3. The first-order valence-corrected chi connectivity index (χ1v) is 11.2. The molecule has 0 aromatic carbocycles. The molecule has 0 N–H and O–H groups in total. The molecule has 0 amide bonds. The molecule has 7 heteroatoms. The predicted octanol–water partition coefficient (Wildman–Crippen LogP) is 3.96. The van der Waals surface area contributed by atoms with Crippen LogP contribution in [0.2, 0.25) is 0 Å². The minimum absolute atomic E-state index is 0.379. The molecule has 1 aliphatic carbocycles. The number of rotatable bonds is 4. The van der Waals surface area contributed by atoms with Gasteiger partial charge in [0.1, 0.15) is 18.3 Å². The monoisotopic (exact) mass is 446 g/mol. The van der Waals surface area contributed by atoms with E-state index in [1.807, 2.05) is 13.8 Å². The lowest BCUT2D eigenvalue weighted by molar-refractivity contribution is -0.176. The van der Waals surface area contributed by atoms with Crippen molar-refractivity contribution >= 4 is 17.9 Å². The summed E-state index contributed by atoms with van der Waals surface area (Å²) in [6.07, 6.45) is 5.60. The minimum Gasteiger partial charge on any atom is -0.458 e. The van der Waals surface area contributed by atoms with Crippen LogP contribution in [0.1, 0.15) is 67.7 Å². The van der Waals surface area contributed by atoms with Crippen LogP contribution in [0.3, 0.4) is 0 Å². The first-order chi connectivity index (χ1) is 15.0. The van der Waals surface area contributed by atoms with E-state index in [1.165, 1.54) is 0 Å². The number of allylic oxidation sites excluding steroid dienone is 3. The zero-order valence-corrected chi connectivity index (χ0v) is 20.0. The van der Waals surface area contributed by atoms with Gasteiger partial charge in [-0.05, 0) is 61.3 Å². The van der Waals surface area contributed by atoms with Gasteiger partial charge in [-0.25, -0.2) is 14.4 Å². The number of epoxide rings is 1. The van der Waals surface area contributed by atoms with E-state index < -0.39 is 53.3 Å². The second kappa shape index (κ2) is 8.85. The van der Waals surface area contributed by atoms with Gasteiger partial charge < -0.3 is 18.9 Å². The zero-order chi connectivity index (χ0) is 23.8. The molecule has 3 aliphatic rings. The molecule has 32 heavy (non-hydrogen) atoms. The van der Waals surface area contributed by atoms with Crippen LogP contribution >= 0.6 is 0 Å². The van der Waals surface area contributed by atoms with Crippen molar-refractivity contribution in [3.63, 3.8) is 0 Å². The Bertz CT molecular complexity index is 898. The van der Waals surface area contributed by atoms with Crippen molar-refractivity contribution in [3.05, 3.63) is 34.9 Å². The van der Waals surface area contributed by atoms with Gasteiger partial charge in [-0.2, -0.15) is 0 Å². The molecular formula is C25H34O7. The Morgan fingerprint density at radius 2 is 1.75 bits per heavy atom. The van der Waals surface area contributed by atoms with Gasteiger partial charge in [-0.3, -0.25) is 0 Å². The number of hydrogen-bond acceptors (Lipinski definition) is 7. The van der Waals surface area contributed by atoms with Crippen LogP contribution in [-0.2, 0) is 33.3 Å². The summed E-state index contributed by atoms with van der Waals surface area (Å²) in [5.41, 5.74) is -0.225. The summed E-state index contributed by atoms with van der Waals surface area (Å²) in [7, 11) is 0. The molecular weight excluding hydrogens is 412 g/mol. The maximum atomic E-state index is 13.1. The van der Waals surface area contributed by atoms with Crippen LogP contribution in [-0.4, -0.2) is 47.4 Å². The second-order valence-electron chi connectivity index (χ2n) is 9.42. The SMILES string of the molecule is C/C=C(/C)C(=O)O[C@H]1[C@H]2[C@@H](C/C(C)=C/CC[C@@]3(C)O[C@@H]13)OC(=O)[C@]2(C)OC(=O)/C(C)=C\C. The van der Waals surface area contributed by atoms with E-state index in [0.717, 1.165) is 18.4 Å². The summed E-state index contributed by atoms with van der Waals surface area (Å²) in [4.78, 5) is 38.6. The topological polar surface area (TPSA) is 91.4 Å². The standard InChI is InChI=1S/C25H34O7/c1-8-15(4)21(26)30-19-18-17(13-14(3)11-10-12-24(6)20(19)31-24)29-23(28)25(18,7)32-22(27)16(5)9-2/h8-9,11,17-20H,10,12-13H2,1-7H3/b14-11+,15-8-,16-9-/t17-,18-,19+,20+,24-,25-/m1/s1. The molecule has 2 heterocycles. The van der Waals surface area contributed by atoms with Crippen LogP contribution in [0.15, 0.2) is 34.9 Å². The van der Waals surface area contributed by atoms with Crippen molar-refractivity contribution in [3.8, 4) is 0 Å².